The van der Waals surface area contributed by atoms with Crippen molar-refractivity contribution < 1.29 is 13.5 Å². The Bertz CT molecular complexity index is 1220. The summed E-state index contributed by atoms with van der Waals surface area (Å²) in [5.74, 6) is -3.42. The van der Waals surface area contributed by atoms with E-state index in [1.165, 1.54) is 10.8 Å². The first-order valence-electron chi connectivity index (χ1n) is 10.6. The fraction of sp³-hybridized carbons (Fsp3) is 0.476. The number of aryl methyl sites for hydroxylation is 1. The van der Waals surface area contributed by atoms with Crippen molar-refractivity contribution in [1.82, 2.24) is 24.8 Å². The lowest BCUT2D eigenvalue weighted by Gasteiger charge is -2.36. The molecular weight excluding hydrogens is 477 g/mol. The molecule has 1 saturated heterocycles. The molecule has 0 unspecified atom stereocenters. The number of fused-ring (bicyclic) bond motifs is 1. The van der Waals surface area contributed by atoms with Gasteiger partial charge in [0.05, 0.1) is 18.3 Å². The van der Waals surface area contributed by atoms with Crippen LogP contribution in [0.5, 0.6) is 5.75 Å². The molecule has 12 heteroatoms. The average molecular weight is 501 g/mol. The number of nitrogens with one attached hydrogen (secondary N) is 3. The van der Waals surface area contributed by atoms with Gasteiger partial charge in [-0.05, 0) is 30.5 Å². The minimum Gasteiger partial charge on any atom is -0.491 e. The highest BCUT2D eigenvalue weighted by Crippen LogP contribution is 2.37. The molecule has 178 valence electrons. The van der Waals surface area contributed by atoms with Gasteiger partial charge in [0.2, 0.25) is 5.28 Å². The summed E-state index contributed by atoms with van der Waals surface area (Å²) in [6.45, 7) is 2.39. The molecule has 0 radical (unpaired) electrons. The number of alkyl halides is 2. The number of aromatic amines is 1. The van der Waals surface area contributed by atoms with Crippen LogP contribution < -0.4 is 21.1 Å². The predicted molar refractivity (Wildman–Crippen MR) is 124 cm³/mol. The van der Waals surface area contributed by atoms with E-state index < -0.39 is 17.8 Å². The van der Waals surface area contributed by atoms with Crippen molar-refractivity contribution in [2.75, 3.05) is 25.0 Å². The number of benzene rings is 1. The van der Waals surface area contributed by atoms with Crippen molar-refractivity contribution >= 4 is 45.7 Å². The number of hydrogen-bond acceptors (Lipinski definition) is 6. The number of piperidine rings is 1. The first kappa shape index (κ1) is 23.7. The third kappa shape index (κ3) is 4.92. The van der Waals surface area contributed by atoms with Gasteiger partial charge in [-0.25, -0.2) is 18.6 Å². The van der Waals surface area contributed by atoms with Gasteiger partial charge in [0, 0.05) is 43.7 Å². The smallest absolute Gasteiger partial charge is 0.326 e. The summed E-state index contributed by atoms with van der Waals surface area (Å²) < 4.78 is 36.3. The number of aromatic nitrogens is 4. The number of anilines is 2. The Morgan fingerprint density at radius 3 is 2.91 bits per heavy atom. The molecule has 1 aliphatic heterocycles. The topological polar surface area (TPSA) is 96.9 Å². The van der Waals surface area contributed by atoms with E-state index in [9.17, 15) is 13.6 Å². The molecule has 0 spiro atoms. The molecule has 0 aliphatic carbocycles. The molecular formula is C21H24Cl2F2N6O2. The summed E-state index contributed by atoms with van der Waals surface area (Å²) in [7, 11) is 1.62. The van der Waals surface area contributed by atoms with Crippen molar-refractivity contribution in [2.24, 2.45) is 18.9 Å². The second-order valence-electron chi connectivity index (χ2n) is 8.24. The summed E-state index contributed by atoms with van der Waals surface area (Å²) in [6, 6.07) is 3.41. The Labute approximate surface area is 198 Å². The fourth-order valence-electron chi connectivity index (χ4n) is 4.06. The molecule has 2 aromatic heterocycles. The summed E-state index contributed by atoms with van der Waals surface area (Å²) >= 11 is 12.0. The van der Waals surface area contributed by atoms with Crippen LogP contribution in [0, 0.1) is 11.8 Å². The van der Waals surface area contributed by atoms with Gasteiger partial charge in [-0.2, -0.15) is 4.98 Å². The molecule has 2 atom stereocenters. The number of hydrogen-bond donors (Lipinski definition) is 3. The molecule has 4 rings (SSSR count). The number of rotatable bonds is 7. The number of nitrogens with zero attached hydrogens (tertiary/aromatic N) is 3. The number of imidazole rings is 1. The highest BCUT2D eigenvalue weighted by atomic mass is 35.5. The van der Waals surface area contributed by atoms with Gasteiger partial charge in [0.1, 0.15) is 16.3 Å². The van der Waals surface area contributed by atoms with Gasteiger partial charge in [0.15, 0.2) is 5.82 Å². The molecule has 8 nitrogen and oxygen atoms in total. The zero-order valence-electron chi connectivity index (χ0n) is 18.1. The van der Waals surface area contributed by atoms with Gasteiger partial charge in [0.25, 0.3) is 5.92 Å². The standard InChI is InChI=1S/C21H24Cl2F2N6O2/c1-11-8-26-9-12(21(11,24)25)4-3-5-33-16-7-13(6-15-17(16)31(2)20(32)29-15)28-18-14(22)10-27-19(23)30-18/h6-7,10-12,26H,3-5,8-9H2,1-2H3,(H,29,32)(H,27,28,30)/t11-,12+/m1/s1. The normalized spacial score (nSPS) is 20.2. The van der Waals surface area contributed by atoms with Crippen LogP contribution in [0.4, 0.5) is 20.3 Å². The maximum Gasteiger partial charge on any atom is 0.326 e. The molecule has 3 aromatic rings. The Kier molecular flexibility index (Phi) is 6.78. The number of H-pyrrole nitrogens is 1. The third-order valence-electron chi connectivity index (χ3n) is 5.93. The van der Waals surface area contributed by atoms with E-state index in [0.29, 0.717) is 47.7 Å². The SMILES string of the molecule is C[C@@H]1CNC[C@H](CCCOc2cc(Nc3nc(Cl)ncc3Cl)cc3[nH]c(=O)n(C)c23)C1(F)F. The van der Waals surface area contributed by atoms with E-state index in [1.807, 2.05) is 0 Å². The number of ether oxygens (including phenoxy) is 1. The monoisotopic (exact) mass is 500 g/mol. The summed E-state index contributed by atoms with van der Waals surface area (Å²) in [5.41, 5.74) is 1.34. The first-order valence-corrected chi connectivity index (χ1v) is 11.3. The fourth-order valence-corrected chi connectivity index (χ4v) is 4.33. The third-order valence-corrected chi connectivity index (χ3v) is 6.39. The molecule has 33 heavy (non-hydrogen) atoms. The molecule has 1 aromatic carbocycles. The Morgan fingerprint density at radius 1 is 1.33 bits per heavy atom. The van der Waals surface area contributed by atoms with Crippen LogP contribution in [0.2, 0.25) is 10.3 Å². The van der Waals surface area contributed by atoms with Crippen LogP contribution in [-0.2, 0) is 7.05 Å². The van der Waals surface area contributed by atoms with E-state index in [2.05, 4.69) is 25.6 Å². The van der Waals surface area contributed by atoms with Gasteiger partial charge in [-0.1, -0.05) is 18.5 Å². The van der Waals surface area contributed by atoms with Crippen LogP contribution in [0.3, 0.4) is 0 Å². The van der Waals surface area contributed by atoms with Crippen LogP contribution in [0.15, 0.2) is 23.1 Å². The van der Waals surface area contributed by atoms with E-state index in [1.54, 1.807) is 26.1 Å². The van der Waals surface area contributed by atoms with Crippen LogP contribution >= 0.6 is 23.2 Å². The van der Waals surface area contributed by atoms with Gasteiger partial charge in [-0.3, -0.25) is 4.57 Å². The molecule has 3 heterocycles. The predicted octanol–water partition coefficient (Wildman–Crippen LogP) is 4.36. The zero-order chi connectivity index (χ0) is 23.8. The Balaban J connectivity index is 1.52. The molecule has 1 fully saturated rings. The minimum atomic E-state index is -2.70. The molecule has 0 saturated carbocycles. The van der Waals surface area contributed by atoms with Crippen molar-refractivity contribution in [3.63, 3.8) is 0 Å². The van der Waals surface area contributed by atoms with E-state index in [4.69, 9.17) is 27.9 Å². The summed E-state index contributed by atoms with van der Waals surface area (Å²) in [6.07, 6.45) is 2.14. The highest BCUT2D eigenvalue weighted by Gasteiger charge is 2.46. The molecule has 0 bridgehead atoms. The van der Waals surface area contributed by atoms with E-state index in [-0.39, 0.29) is 29.1 Å². The van der Waals surface area contributed by atoms with Crippen molar-refractivity contribution in [3.05, 3.63) is 39.1 Å². The molecule has 1 aliphatic rings. The van der Waals surface area contributed by atoms with Crippen LogP contribution in [0.25, 0.3) is 11.0 Å². The van der Waals surface area contributed by atoms with Gasteiger partial charge < -0.3 is 20.4 Å². The maximum absolute atomic E-state index is 14.4. The van der Waals surface area contributed by atoms with Crippen LogP contribution in [-0.4, -0.2) is 45.1 Å². The lowest BCUT2D eigenvalue weighted by molar-refractivity contribution is -0.120. The highest BCUT2D eigenvalue weighted by molar-refractivity contribution is 6.33. The maximum atomic E-state index is 14.4. The van der Waals surface area contributed by atoms with E-state index >= 15 is 0 Å². The first-order chi connectivity index (χ1) is 15.7. The largest absolute Gasteiger partial charge is 0.491 e. The van der Waals surface area contributed by atoms with E-state index in [0.717, 1.165) is 0 Å². The van der Waals surface area contributed by atoms with Gasteiger partial charge in [-0.15, -0.1) is 0 Å². The average Bonchev–Trinajstić information content (AvgIpc) is 3.04. The van der Waals surface area contributed by atoms with Crippen molar-refractivity contribution in [2.45, 2.75) is 25.7 Å². The van der Waals surface area contributed by atoms with Gasteiger partial charge >= 0.3 is 5.69 Å². The Hall–Kier alpha value is -2.43. The Morgan fingerprint density at radius 2 is 2.12 bits per heavy atom. The zero-order valence-corrected chi connectivity index (χ0v) is 19.6. The summed E-state index contributed by atoms with van der Waals surface area (Å²) in [5, 5.41) is 6.40. The minimum absolute atomic E-state index is 0.0240. The summed E-state index contributed by atoms with van der Waals surface area (Å²) in [4.78, 5) is 22.8. The van der Waals surface area contributed by atoms with Crippen molar-refractivity contribution in [1.29, 1.82) is 0 Å². The number of halogens is 4. The molecule has 3 N–H and O–H groups in total. The van der Waals surface area contributed by atoms with Crippen LogP contribution in [0.1, 0.15) is 19.8 Å². The quantitative estimate of drug-likeness (QED) is 0.329. The van der Waals surface area contributed by atoms with Crippen molar-refractivity contribution in [3.8, 4) is 5.75 Å². The lowest BCUT2D eigenvalue weighted by atomic mass is 9.84. The molecule has 0 amide bonds. The lowest BCUT2D eigenvalue weighted by Crippen LogP contribution is -2.50. The second-order valence-corrected chi connectivity index (χ2v) is 8.99. The second kappa shape index (κ2) is 9.44.